The molecule has 28 heavy (non-hydrogen) atoms. The van der Waals surface area contributed by atoms with Crippen molar-refractivity contribution in [3.63, 3.8) is 0 Å². The number of hydrogen-bond donors (Lipinski definition) is 0. The topological polar surface area (TPSA) is 47.9 Å². The van der Waals surface area contributed by atoms with Gasteiger partial charge in [-0.3, -0.25) is 0 Å². The lowest BCUT2D eigenvalue weighted by atomic mass is 9.80. The highest BCUT2D eigenvalue weighted by molar-refractivity contribution is 5.97. The summed E-state index contributed by atoms with van der Waals surface area (Å²) in [5.74, 6) is 0.0722. The molecule has 3 aromatic carbocycles. The van der Waals surface area contributed by atoms with Gasteiger partial charge >= 0.3 is 5.97 Å². The number of benzene rings is 3. The van der Waals surface area contributed by atoms with Crippen molar-refractivity contribution in [2.75, 3.05) is 7.11 Å². The molecule has 0 unspecified atom stereocenters. The average molecular weight is 371 g/mol. The lowest BCUT2D eigenvalue weighted by molar-refractivity contribution is -0.144. The van der Waals surface area contributed by atoms with Crippen molar-refractivity contribution in [1.29, 1.82) is 0 Å². The van der Waals surface area contributed by atoms with Gasteiger partial charge in [-0.25, -0.2) is 9.79 Å². The Bertz CT molecular complexity index is 929. The SMILES string of the molecule is COC(=O)[C@@H]1CC(c2ccccc2)(c2ccccc2)OC(c2ccccc2)=N1. The van der Waals surface area contributed by atoms with Crippen molar-refractivity contribution in [2.45, 2.75) is 18.1 Å². The van der Waals surface area contributed by atoms with Gasteiger partial charge in [0.2, 0.25) is 5.90 Å². The largest absolute Gasteiger partial charge is 0.467 e. The van der Waals surface area contributed by atoms with Gasteiger partial charge < -0.3 is 9.47 Å². The molecule has 0 spiro atoms. The minimum Gasteiger partial charge on any atom is -0.467 e. The van der Waals surface area contributed by atoms with Crippen LogP contribution in [0.15, 0.2) is 96.0 Å². The van der Waals surface area contributed by atoms with Crippen LogP contribution < -0.4 is 0 Å². The second-order valence-corrected chi connectivity index (χ2v) is 6.70. The Hall–Kier alpha value is -3.40. The molecule has 0 bridgehead atoms. The quantitative estimate of drug-likeness (QED) is 0.641. The number of carbonyl (C=O) groups is 1. The molecule has 4 nitrogen and oxygen atoms in total. The molecule has 0 N–H and O–H groups in total. The van der Waals surface area contributed by atoms with Gasteiger partial charge in [-0.05, 0) is 12.1 Å². The molecular weight excluding hydrogens is 350 g/mol. The second kappa shape index (κ2) is 7.69. The van der Waals surface area contributed by atoms with Gasteiger partial charge in [-0.1, -0.05) is 78.9 Å². The molecule has 0 aliphatic carbocycles. The Balaban J connectivity index is 1.91. The molecule has 1 atom stereocenters. The lowest BCUT2D eigenvalue weighted by Gasteiger charge is -2.40. The third kappa shape index (κ3) is 3.29. The predicted octanol–water partition coefficient (Wildman–Crippen LogP) is 4.34. The average Bonchev–Trinajstić information content (AvgIpc) is 2.80. The summed E-state index contributed by atoms with van der Waals surface area (Å²) in [5, 5.41) is 0. The fourth-order valence-electron chi connectivity index (χ4n) is 3.61. The molecule has 3 aromatic rings. The van der Waals surface area contributed by atoms with E-state index in [4.69, 9.17) is 9.47 Å². The highest BCUT2D eigenvalue weighted by atomic mass is 16.5. The van der Waals surface area contributed by atoms with E-state index in [-0.39, 0.29) is 5.97 Å². The van der Waals surface area contributed by atoms with E-state index in [0.717, 1.165) is 16.7 Å². The van der Waals surface area contributed by atoms with Gasteiger partial charge in [-0.15, -0.1) is 0 Å². The van der Waals surface area contributed by atoms with Crippen molar-refractivity contribution in [3.05, 3.63) is 108 Å². The summed E-state index contributed by atoms with van der Waals surface area (Å²) in [6, 6.07) is 28.9. The third-order valence-electron chi connectivity index (χ3n) is 5.00. The summed E-state index contributed by atoms with van der Waals surface area (Å²) in [7, 11) is 1.39. The summed E-state index contributed by atoms with van der Waals surface area (Å²) in [4.78, 5) is 17.1. The first-order chi connectivity index (χ1) is 13.7. The molecule has 0 amide bonds. The number of rotatable bonds is 4. The fourth-order valence-corrected chi connectivity index (χ4v) is 3.61. The molecule has 1 aliphatic rings. The smallest absolute Gasteiger partial charge is 0.330 e. The molecule has 0 saturated carbocycles. The van der Waals surface area contributed by atoms with Crippen LogP contribution in [0.25, 0.3) is 0 Å². The van der Waals surface area contributed by atoms with Crippen LogP contribution in [0.5, 0.6) is 0 Å². The molecule has 0 radical (unpaired) electrons. The van der Waals surface area contributed by atoms with Crippen molar-refractivity contribution >= 4 is 11.9 Å². The molecule has 140 valence electrons. The van der Waals surface area contributed by atoms with E-state index in [9.17, 15) is 4.79 Å². The summed E-state index contributed by atoms with van der Waals surface area (Å²) in [5.41, 5.74) is 1.93. The number of methoxy groups -OCH3 is 1. The maximum absolute atomic E-state index is 12.5. The van der Waals surface area contributed by atoms with Gasteiger partial charge in [0.05, 0.1) is 7.11 Å². The molecule has 4 rings (SSSR count). The molecule has 0 fully saturated rings. The lowest BCUT2D eigenvalue weighted by Crippen LogP contribution is -2.44. The summed E-state index contributed by atoms with van der Waals surface area (Å²) < 4.78 is 11.6. The predicted molar refractivity (Wildman–Crippen MR) is 108 cm³/mol. The number of aliphatic imine (C=N–C) groups is 1. The Morgan fingerprint density at radius 2 is 1.39 bits per heavy atom. The van der Waals surface area contributed by atoms with Gasteiger partial charge in [-0.2, -0.15) is 0 Å². The monoisotopic (exact) mass is 371 g/mol. The highest BCUT2D eigenvalue weighted by Gasteiger charge is 2.45. The first-order valence-electron chi connectivity index (χ1n) is 9.24. The van der Waals surface area contributed by atoms with Gasteiger partial charge in [0, 0.05) is 23.1 Å². The third-order valence-corrected chi connectivity index (χ3v) is 5.00. The Morgan fingerprint density at radius 3 is 1.89 bits per heavy atom. The van der Waals surface area contributed by atoms with E-state index < -0.39 is 11.6 Å². The van der Waals surface area contributed by atoms with E-state index in [1.807, 2.05) is 91.0 Å². The van der Waals surface area contributed by atoms with E-state index in [0.29, 0.717) is 12.3 Å². The zero-order chi connectivity index (χ0) is 19.4. The second-order valence-electron chi connectivity index (χ2n) is 6.70. The summed E-state index contributed by atoms with van der Waals surface area (Å²) in [6.45, 7) is 0. The zero-order valence-corrected chi connectivity index (χ0v) is 15.6. The summed E-state index contributed by atoms with van der Waals surface area (Å²) >= 11 is 0. The Labute approximate surface area is 164 Å². The number of ether oxygens (including phenoxy) is 2. The number of hydrogen-bond acceptors (Lipinski definition) is 4. The fraction of sp³-hybridized carbons (Fsp3) is 0.167. The van der Waals surface area contributed by atoms with Gasteiger partial charge in [0.15, 0.2) is 11.6 Å². The zero-order valence-electron chi connectivity index (χ0n) is 15.6. The minimum atomic E-state index is -0.839. The van der Waals surface area contributed by atoms with Crippen LogP contribution in [0, 0.1) is 0 Å². The van der Waals surface area contributed by atoms with Crippen LogP contribution in [0.2, 0.25) is 0 Å². The van der Waals surface area contributed by atoms with Crippen molar-refractivity contribution in [1.82, 2.24) is 0 Å². The molecule has 1 heterocycles. The van der Waals surface area contributed by atoms with Crippen molar-refractivity contribution in [3.8, 4) is 0 Å². The van der Waals surface area contributed by atoms with Gasteiger partial charge in [0.25, 0.3) is 0 Å². The van der Waals surface area contributed by atoms with E-state index in [1.54, 1.807) is 0 Å². The number of nitrogens with zero attached hydrogens (tertiary/aromatic N) is 1. The van der Waals surface area contributed by atoms with E-state index in [2.05, 4.69) is 4.99 Å². The maximum atomic E-state index is 12.5. The number of esters is 1. The Kier molecular flexibility index (Phi) is 4.94. The molecule has 4 heteroatoms. The molecule has 0 saturated heterocycles. The first kappa shape index (κ1) is 18.0. The minimum absolute atomic E-state index is 0.365. The van der Waals surface area contributed by atoms with Crippen LogP contribution in [-0.4, -0.2) is 25.0 Å². The van der Waals surface area contributed by atoms with Crippen LogP contribution in [-0.2, 0) is 19.9 Å². The molecule has 1 aliphatic heterocycles. The van der Waals surface area contributed by atoms with Crippen LogP contribution >= 0.6 is 0 Å². The van der Waals surface area contributed by atoms with E-state index >= 15 is 0 Å². The standard InChI is InChI=1S/C24H21NO3/c1-27-23(26)21-17-24(19-13-7-3-8-14-19,20-15-9-4-10-16-20)28-22(25-21)18-11-5-2-6-12-18/h2-16,21H,17H2,1H3/t21-/m0/s1. The van der Waals surface area contributed by atoms with Gasteiger partial charge in [0.1, 0.15) is 0 Å². The highest BCUT2D eigenvalue weighted by Crippen LogP contribution is 2.42. The number of carbonyl (C=O) groups excluding carboxylic acids is 1. The molecule has 0 aromatic heterocycles. The first-order valence-corrected chi connectivity index (χ1v) is 9.24. The molecular formula is C24H21NO3. The van der Waals surface area contributed by atoms with Crippen molar-refractivity contribution in [2.24, 2.45) is 4.99 Å². The van der Waals surface area contributed by atoms with E-state index in [1.165, 1.54) is 7.11 Å². The normalized spacial score (nSPS) is 17.9. The van der Waals surface area contributed by atoms with Crippen LogP contribution in [0.3, 0.4) is 0 Å². The van der Waals surface area contributed by atoms with Crippen molar-refractivity contribution < 1.29 is 14.3 Å². The summed E-state index contributed by atoms with van der Waals surface area (Å²) in [6.07, 6.45) is 0.365. The maximum Gasteiger partial charge on any atom is 0.330 e. The van der Waals surface area contributed by atoms with Crippen LogP contribution in [0.4, 0.5) is 0 Å². The Morgan fingerprint density at radius 1 is 0.893 bits per heavy atom. The van der Waals surface area contributed by atoms with Crippen LogP contribution in [0.1, 0.15) is 23.1 Å².